The van der Waals surface area contributed by atoms with Gasteiger partial charge in [-0.05, 0) is 38.1 Å². The van der Waals surface area contributed by atoms with Crippen LogP contribution in [-0.4, -0.2) is 23.3 Å². The van der Waals surface area contributed by atoms with Gasteiger partial charge in [-0.1, -0.05) is 12.1 Å². The SMILES string of the molecule is CCOC(=O)C(C)(C(=O)c1cccc(N)c1)c1ccc[nH]1. The molecule has 2 rings (SSSR count). The molecule has 2 aromatic rings. The molecule has 1 aromatic heterocycles. The van der Waals surface area contributed by atoms with Crippen molar-refractivity contribution in [2.24, 2.45) is 0 Å². The van der Waals surface area contributed by atoms with Gasteiger partial charge in [-0.2, -0.15) is 0 Å². The van der Waals surface area contributed by atoms with E-state index in [4.69, 9.17) is 10.5 Å². The maximum absolute atomic E-state index is 12.9. The maximum atomic E-state index is 12.9. The molecule has 21 heavy (non-hydrogen) atoms. The van der Waals surface area contributed by atoms with Gasteiger partial charge in [0, 0.05) is 23.1 Å². The number of nitrogen functional groups attached to an aromatic ring is 1. The average molecular weight is 286 g/mol. The molecule has 0 spiro atoms. The van der Waals surface area contributed by atoms with Gasteiger partial charge >= 0.3 is 5.97 Å². The van der Waals surface area contributed by atoms with E-state index in [0.29, 0.717) is 16.9 Å². The molecule has 3 N–H and O–H groups in total. The number of hydrogen-bond donors (Lipinski definition) is 2. The lowest BCUT2D eigenvalue weighted by Crippen LogP contribution is -2.42. The van der Waals surface area contributed by atoms with Gasteiger partial charge in [0.2, 0.25) is 0 Å². The third-order valence-corrected chi connectivity index (χ3v) is 3.42. The second-order valence-electron chi connectivity index (χ2n) is 4.88. The van der Waals surface area contributed by atoms with Crippen LogP contribution in [0.4, 0.5) is 5.69 Å². The lowest BCUT2D eigenvalue weighted by molar-refractivity contribution is -0.147. The van der Waals surface area contributed by atoms with Gasteiger partial charge in [0.1, 0.15) is 0 Å². The second kappa shape index (κ2) is 5.83. The maximum Gasteiger partial charge on any atom is 0.325 e. The summed E-state index contributed by atoms with van der Waals surface area (Å²) in [4.78, 5) is 28.2. The first kappa shape index (κ1) is 14.8. The number of nitrogens with one attached hydrogen (secondary N) is 1. The van der Waals surface area contributed by atoms with Gasteiger partial charge < -0.3 is 15.5 Å². The number of H-pyrrole nitrogens is 1. The largest absolute Gasteiger partial charge is 0.465 e. The highest BCUT2D eigenvalue weighted by atomic mass is 16.5. The van der Waals surface area contributed by atoms with Crippen molar-refractivity contribution in [3.63, 3.8) is 0 Å². The number of Topliss-reactive ketones (excluding diaryl/α,β-unsaturated/α-hetero) is 1. The fourth-order valence-electron chi connectivity index (χ4n) is 2.21. The molecule has 5 nitrogen and oxygen atoms in total. The first-order valence-electron chi connectivity index (χ1n) is 6.71. The van der Waals surface area contributed by atoms with Crippen LogP contribution in [0.2, 0.25) is 0 Å². The molecular formula is C16H18N2O3. The summed E-state index contributed by atoms with van der Waals surface area (Å²) in [6.07, 6.45) is 1.67. The van der Waals surface area contributed by atoms with Crippen molar-refractivity contribution in [1.29, 1.82) is 0 Å². The van der Waals surface area contributed by atoms with Crippen molar-refractivity contribution in [3.8, 4) is 0 Å². The van der Waals surface area contributed by atoms with Gasteiger partial charge in [-0.3, -0.25) is 9.59 Å². The minimum absolute atomic E-state index is 0.208. The number of carbonyl (C=O) groups excluding carboxylic acids is 2. The van der Waals surface area contributed by atoms with Crippen molar-refractivity contribution in [3.05, 3.63) is 53.9 Å². The molecule has 1 atom stereocenters. The van der Waals surface area contributed by atoms with E-state index in [1.54, 1.807) is 56.4 Å². The van der Waals surface area contributed by atoms with Gasteiger partial charge in [-0.25, -0.2) is 0 Å². The number of hydrogen-bond acceptors (Lipinski definition) is 4. The Hall–Kier alpha value is -2.56. The molecule has 110 valence electrons. The molecule has 0 bridgehead atoms. The zero-order valence-electron chi connectivity index (χ0n) is 12.1. The fraction of sp³-hybridized carbons (Fsp3) is 0.250. The summed E-state index contributed by atoms with van der Waals surface area (Å²) in [5, 5.41) is 0. The molecule has 0 aliphatic rings. The van der Waals surface area contributed by atoms with E-state index in [0.717, 1.165) is 0 Å². The second-order valence-corrected chi connectivity index (χ2v) is 4.88. The first-order valence-corrected chi connectivity index (χ1v) is 6.71. The smallest absolute Gasteiger partial charge is 0.325 e. The lowest BCUT2D eigenvalue weighted by Gasteiger charge is -2.25. The Kier molecular flexibility index (Phi) is 4.12. The minimum Gasteiger partial charge on any atom is -0.465 e. The summed E-state index contributed by atoms with van der Waals surface area (Å²) < 4.78 is 5.09. The van der Waals surface area contributed by atoms with E-state index in [1.165, 1.54) is 0 Å². The number of rotatable bonds is 5. The third-order valence-electron chi connectivity index (χ3n) is 3.42. The van der Waals surface area contributed by atoms with Crippen LogP contribution >= 0.6 is 0 Å². The number of benzene rings is 1. The van der Waals surface area contributed by atoms with Crippen molar-refractivity contribution in [1.82, 2.24) is 4.98 Å². The Balaban J connectivity index is 2.50. The molecule has 1 heterocycles. The minimum atomic E-state index is -1.42. The molecule has 0 amide bonds. The monoisotopic (exact) mass is 286 g/mol. The number of esters is 1. The predicted octanol–water partition coefficient (Wildman–Crippen LogP) is 2.30. The van der Waals surface area contributed by atoms with E-state index < -0.39 is 11.4 Å². The molecule has 0 aliphatic heterocycles. The molecule has 1 unspecified atom stereocenters. The molecule has 0 saturated carbocycles. The zero-order chi connectivity index (χ0) is 15.5. The number of carbonyl (C=O) groups is 2. The average Bonchev–Trinajstić information content (AvgIpc) is 3.00. The van der Waals surface area contributed by atoms with Crippen LogP contribution in [0.1, 0.15) is 29.9 Å². The summed E-state index contributed by atoms with van der Waals surface area (Å²) >= 11 is 0. The first-order chi connectivity index (χ1) is 10.00. The van der Waals surface area contributed by atoms with E-state index in [2.05, 4.69) is 4.98 Å². The van der Waals surface area contributed by atoms with Crippen molar-refractivity contribution < 1.29 is 14.3 Å². The number of aromatic nitrogens is 1. The standard InChI is InChI=1S/C16H18N2O3/c1-3-21-15(20)16(2,13-8-5-9-18-13)14(19)11-6-4-7-12(17)10-11/h4-10,18H,3,17H2,1-2H3. The highest BCUT2D eigenvalue weighted by Gasteiger charge is 2.45. The number of ether oxygens (including phenoxy) is 1. The Morgan fingerprint density at radius 3 is 2.62 bits per heavy atom. The van der Waals surface area contributed by atoms with Crippen molar-refractivity contribution in [2.45, 2.75) is 19.3 Å². The molecule has 0 aliphatic carbocycles. The topological polar surface area (TPSA) is 85.2 Å². The van der Waals surface area contributed by atoms with Crippen LogP contribution in [0.25, 0.3) is 0 Å². The van der Waals surface area contributed by atoms with Crippen LogP contribution in [0.5, 0.6) is 0 Å². The van der Waals surface area contributed by atoms with E-state index in [-0.39, 0.29) is 12.4 Å². The van der Waals surface area contributed by atoms with E-state index >= 15 is 0 Å². The predicted molar refractivity (Wildman–Crippen MR) is 80.0 cm³/mol. The Morgan fingerprint density at radius 1 is 1.29 bits per heavy atom. The highest BCUT2D eigenvalue weighted by Crippen LogP contribution is 2.29. The zero-order valence-corrected chi connectivity index (χ0v) is 12.1. The van der Waals surface area contributed by atoms with Gasteiger partial charge in [0.15, 0.2) is 11.2 Å². The van der Waals surface area contributed by atoms with Crippen LogP contribution in [0.15, 0.2) is 42.6 Å². The molecule has 0 saturated heterocycles. The summed E-state index contributed by atoms with van der Waals surface area (Å²) in [6.45, 7) is 3.47. The number of aromatic amines is 1. The van der Waals surface area contributed by atoms with Crippen LogP contribution in [0.3, 0.4) is 0 Å². The van der Waals surface area contributed by atoms with Crippen LogP contribution < -0.4 is 5.73 Å². The normalized spacial score (nSPS) is 13.4. The molecule has 5 heteroatoms. The van der Waals surface area contributed by atoms with E-state index in [1.807, 2.05) is 0 Å². The Labute approximate surface area is 123 Å². The summed E-state index contributed by atoms with van der Waals surface area (Å²) in [7, 11) is 0. The molecular weight excluding hydrogens is 268 g/mol. The molecule has 0 radical (unpaired) electrons. The van der Waals surface area contributed by atoms with Crippen LogP contribution in [0, 0.1) is 0 Å². The summed E-state index contributed by atoms with van der Waals surface area (Å²) in [5.41, 5.74) is 5.63. The highest BCUT2D eigenvalue weighted by molar-refractivity contribution is 6.16. The lowest BCUT2D eigenvalue weighted by atomic mass is 9.79. The number of anilines is 1. The van der Waals surface area contributed by atoms with Crippen LogP contribution in [-0.2, 0) is 14.9 Å². The van der Waals surface area contributed by atoms with Gasteiger partial charge in [0.25, 0.3) is 0 Å². The Morgan fingerprint density at radius 2 is 2.05 bits per heavy atom. The molecule has 0 fully saturated rings. The summed E-state index contributed by atoms with van der Waals surface area (Å²) in [5.74, 6) is -0.935. The number of ketones is 1. The third kappa shape index (κ3) is 2.67. The van der Waals surface area contributed by atoms with Crippen molar-refractivity contribution >= 4 is 17.4 Å². The Bertz CT molecular complexity index is 649. The van der Waals surface area contributed by atoms with Gasteiger partial charge in [0.05, 0.1) is 6.61 Å². The quantitative estimate of drug-likeness (QED) is 0.382. The molecule has 1 aromatic carbocycles. The fourth-order valence-corrected chi connectivity index (χ4v) is 2.21. The van der Waals surface area contributed by atoms with Gasteiger partial charge in [-0.15, -0.1) is 0 Å². The number of nitrogens with two attached hydrogens (primary N) is 1. The van der Waals surface area contributed by atoms with E-state index in [9.17, 15) is 9.59 Å². The summed E-state index contributed by atoms with van der Waals surface area (Å²) in [6, 6.07) is 10.00. The van der Waals surface area contributed by atoms with Crippen molar-refractivity contribution in [2.75, 3.05) is 12.3 Å².